The van der Waals surface area contributed by atoms with Gasteiger partial charge in [-0.05, 0) is 47.0 Å². The number of rotatable bonds is 4. The number of hydrogen-bond acceptors (Lipinski definition) is 5. The summed E-state index contributed by atoms with van der Waals surface area (Å²) in [6, 6.07) is 22.3. The molecular formula is C26H23N7O. The van der Waals surface area contributed by atoms with Crippen molar-refractivity contribution < 1.29 is 4.79 Å². The number of carbonyl (C=O) groups is 1. The van der Waals surface area contributed by atoms with Gasteiger partial charge in [-0.1, -0.05) is 36.4 Å². The van der Waals surface area contributed by atoms with Crippen LogP contribution in [0.4, 0.5) is 5.69 Å². The van der Waals surface area contributed by atoms with Crippen LogP contribution in [0.15, 0.2) is 79.1 Å². The van der Waals surface area contributed by atoms with Crippen LogP contribution in [0.5, 0.6) is 0 Å². The Labute approximate surface area is 196 Å². The van der Waals surface area contributed by atoms with E-state index in [1.807, 2.05) is 41.4 Å². The molecule has 34 heavy (non-hydrogen) atoms. The predicted molar refractivity (Wildman–Crippen MR) is 130 cm³/mol. The zero-order chi connectivity index (χ0) is 22.9. The molecule has 6 rings (SSSR count). The molecule has 2 aromatic heterocycles. The summed E-state index contributed by atoms with van der Waals surface area (Å²) >= 11 is 0. The molecule has 2 N–H and O–H groups in total. The molecule has 0 radical (unpaired) electrons. The van der Waals surface area contributed by atoms with Gasteiger partial charge >= 0.3 is 0 Å². The van der Waals surface area contributed by atoms with E-state index >= 15 is 0 Å². The summed E-state index contributed by atoms with van der Waals surface area (Å²) < 4.78 is 0. The first-order chi connectivity index (χ1) is 16.7. The number of imidazole rings is 1. The quantitative estimate of drug-likeness (QED) is 0.432. The molecule has 1 aliphatic heterocycles. The van der Waals surface area contributed by atoms with Gasteiger partial charge < -0.3 is 14.8 Å². The summed E-state index contributed by atoms with van der Waals surface area (Å²) in [5.41, 5.74) is 6.57. The van der Waals surface area contributed by atoms with Crippen molar-refractivity contribution in [1.82, 2.24) is 30.3 Å². The summed E-state index contributed by atoms with van der Waals surface area (Å²) in [5.74, 6) is 0.884. The number of nitrogens with one attached hydrogen (secondary N) is 2. The fourth-order valence-corrected chi connectivity index (χ4v) is 4.54. The van der Waals surface area contributed by atoms with Crippen molar-refractivity contribution in [3.63, 3.8) is 0 Å². The fraction of sp³-hybridized carbons (Fsp3) is 0.154. The number of carbonyl (C=O) groups excluding carboxylic acids is 1. The van der Waals surface area contributed by atoms with Crippen LogP contribution in [0, 0.1) is 0 Å². The van der Waals surface area contributed by atoms with Crippen molar-refractivity contribution in [3.8, 4) is 11.1 Å². The van der Waals surface area contributed by atoms with Gasteiger partial charge in [0.05, 0.1) is 6.54 Å². The molecule has 1 amide bonds. The van der Waals surface area contributed by atoms with Gasteiger partial charge in [0.2, 0.25) is 0 Å². The summed E-state index contributed by atoms with van der Waals surface area (Å²) in [6.45, 7) is 2.49. The minimum Gasteiger partial charge on any atom is -0.362 e. The molecule has 3 heterocycles. The van der Waals surface area contributed by atoms with Crippen molar-refractivity contribution >= 4 is 22.6 Å². The number of benzene rings is 3. The number of amides is 1. The topological polar surface area (TPSA) is 93.8 Å². The summed E-state index contributed by atoms with van der Waals surface area (Å²) in [5, 5.41) is 10.8. The Morgan fingerprint density at radius 3 is 2.65 bits per heavy atom. The van der Waals surface area contributed by atoms with E-state index in [1.165, 1.54) is 0 Å². The number of aromatic amines is 2. The molecule has 0 bridgehead atoms. The number of anilines is 1. The Morgan fingerprint density at radius 1 is 0.912 bits per heavy atom. The van der Waals surface area contributed by atoms with E-state index in [0.717, 1.165) is 33.7 Å². The molecule has 5 aromatic rings. The van der Waals surface area contributed by atoms with Crippen molar-refractivity contribution in [2.24, 2.45) is 0 Å². The highest BCUT2D eigenvalue weighted by molar-refractivity contribution is 5.97. The van der Waals surface area contributed by atoms with Crippen LogP contribution < -0.4 is 4.90 Å². The monoisotopic (exact) mass is 449 g/mol. The third-order valence-corrected chi connectivity index (χ3v) is 6.27. The Bertz CT molecular complexity index is 1440. The molecule has 0 atom stereocenters. The standard InChI is InChI=1S/C26H23N7O/c34-26(20-6-8-22-23(15-20)30-31-29-22)33-13-12-32(17-25-27-10-11-28-25)24-9-7-19(14-21(24)16-33)18-4-2-1-3-5-18/h1-11,14-15H,12-13,16-17H2,(H,27,28)(H,29,30,31). The lowest BCUT2D eigenvalue weighted by molar-refractivity contribution is 0.0751. The van der Waals surface area contributed by atoms with Gasteiger partial charge in [-0.15, -0.1) is 0 Å². The summed E-state index contributed by atoms with van der Waals surface area (Å²) in [7, 11) is 0. The molecule has 168 valence electrons. The van der Waals surface area contributed by atoms with Gasteiger partial charge in [0.1, 0.15) is 16.9 Å². The average molecular weight is 450 g/mol. The minimum atomic E-state index is -0.0131. The average Bonchev–Trinajstić information content (AvgIpc) is 3.54. The second-order valence-electron chi connectivity index (χ2n) is 8.42. The summed E-state index contributed by atoms with van der Waals surface area (Å²) in [4.78, 5) is 25.3. The maximum Gasteiger partial charge on any atom is 0.254 e. The smallest absolute Gasteiger partial charge is 0.254 e. The zero-order valence-electron chi connectivity index (χ0n) is 18.5. The van der Waals surface area contributed by atoms with Gasteiger partial charge in [-0.25, -0.2) is 4.98 Å². The highest BCUT2D eigenvalue weighted by Crippen LogP contribution is 2.31. The Kier molecular flexibility index (Phi) is 5.03. The number of nitrogens with zero attached hydrogens (tertiary/aromatic N) is 5. The maximum absolute atomic E-state index is 13.5. The van der Waals surface area contributed by atoms with Crippen LogP contribution >= 0.6 is 0 Å². The van der Waals surface area contributed by atoms with Gasteiger partial charge in [0.25, 0.3) is 5.91 Å². The van der Waals surface area contributed by atoms with Crippen LogP contribution in [-0.2, 0) is 13.1 Å². The molecule has 0 aliphatic carbocycles. The number of hydrogen-bond donors (Lipinski definition) is 2. The zero-order valence-corrected chi connectivity index (χ0v) is 18.5. The van der Waals surface area contributed by atoms with Crippen LogP contribution in [0.1, 0.15) is 21.7 Å². The molecule has 3 aromatic carbocycles. The lowest BCUT2D eigenvalue weighted by atomic mass is 10.0. The highest BCUT2D eigenvalue weighted by atomic mass is 16.2. The van der Waals surface area contributed by atoms with E-state index in [4.69, 9.17) is 0 Å². The van der Waals surface area contributed by atoms with E-state index in [0.29, 0.717) is 37.3 Å². The lowest BCUT2D eigenvalue weighted by Gasteiger charge is -2.24. The van der Waals surface area contributed by atoms with Crippen molar-refractivity contribution in [2.75, 3.05) is 18.0 Å². The second kappa shape index (κ2) is 8.47. The third-order valence-electron chi connectivity index (χ3n) is 6.27. The van der Waals surface area contributed by atoms with Crippen LogP contribution in [0.2, 0.25) is 0 Å². The van der Waals surface area contributed by atoms with Crippen LogP contribution in [0.3, 0.4) is 0 Å². The molecule has 0 unspecified atom stereocenters. The number of fused-ring (bicyclic) bond motifs is 2. The van der Waals surface area contributed by atoms with Gasteiger partial charge in [-0.2, -0.15) is 15.4 Å². The fourth-order valence-electron chi connectivity index (χ4n) is 4.54. The number of H-pyrrole nitrogens is 2. The Morgan fingerprint density at radius 2 is 1.79 bits per heavy atom. The third kappa shape index (κ3) is 3.79. The van der Waals surface area contributed by atoms with Crippen molar-refractivity contribution in [2.45, 2.75) is 13.1 Å². The molecule has 0 spiro atoms. The van der Waals surface area contributed by atoms with E-state index in [-0.39, 0.29) is 5.91 Å². The SMILES string of the molecule is O=C(c1ccc2n[nH]nc2c1)N1CCN(Cc2ncc[nH]2)c2ccc(-c3ccccc3)cc2C1. The predicted octanol–water partition coefficient (Wildman–Crippen LogP) is 4.01. The van der Waals surface area contributed by atoms with Gasteiger partial charge in [0, 0.05) is 43.3 Å². The Balaban J connectivity index is 1.36. The molecule has 8 nitrogen and oxygen atoms in total. The molecule has 8 heteroatoms. The number of aromatic nitrogens is 5. The van der Waals surface area contributed by atoms with Gasteiger partial charge in [0.15, 0.2) is 0 Å². The van der Waals surface area contributed by atoms with Crippen LogP contribution in [-0.4, -0.2) is 49.3 Å². The molecular weight excluding hydrogens is 426 g/mol. The van der Waals surface area contributed by atoms with Crippen LogP contribution in [0.25, 0.3) is 22.2 Å². The normalized spacial score (nSPS) is 13.6. The van der Waals surface area contributed by atoms with E-state index in [9.17, 15) is 4.79 Å². The summed E-state index contributed by atoms with van der Waals surface area (Å²) in [6.07, 6.45) is 3.60. The molecule has 1 aliphatic rings. The van der Waals surface area contributed by atoms with Gasteiger partial charge in [-0.3, -0.25) is 4.79 Å². The maximum atomic E-state index is 13.5. The van der Waals surface area contributed by atoms with E-state index in [1.54, 1.807) is 12.3 Å². The molecule has 0 fully saturated rings. The van der Waals surface area contributed by atoms with Crippen molar-refractivity contribution in [3.05, 3.63) is 96.1 Å². The largest absolute Gasteiger partial charge is 0.362 e. The first-order valence-electron chi connectivity index (χ1n) is 11.3. The first kappa shape index (κ1) is 20.2. The highest BCUT2D eigenvalue weighted by Gasteiger charge is 2.25. The first-order valence-corrected chi connectivity index (χ1v) is 11.3. The van der Waals surface area contributed by atoms with E-state index < -0.39 is 0 Å². The van der Waals surface area contributed by atoms with Crippen molar-refractivity contribution in [1.29, 1.82) is 0 Å². The van der Waals surface area contributed by atoms with E-state index in [2.05, 4.69) is 60.6 Å². The second-order valence-corrected chi connectivity index (χ2v) is 8.42. The molecule has 0 saturated carbocycles. The minimum absolute atomic E-state index is 0.0131. The lowest BCUT2D eigenvalue weighted by Crippen LogP contribution is -2.35. The Hall–Kier alpha value is -4.46. The molecule has 0 saturated heterocycles.